The minimum Gasteiger partial charge on any atom is -0.501 e. The Morgan fingerprint density at radius 1 is 0.676 bits per heavy atom. The second-order valence-electron chi connectivity index (χ2n) is 22.6. The molecular formula is C67H62FIrN3OSi-2. The van der Waals surface area contributed by atoms with Crippen LogP contribution in [-0.2, 0) is 25.5 Å². The molecule has 2 aliphatic rings. The molecule has 74 heavy (non-hydrogen) atoms. The van der Waals surface area contributed by atoms with E-state index in [9.17, 15) is 4.39 Å². The molecule has 8 aromatic carbocycles. The normalized spacial score (nSPS) is 14.1. The maximum absolute atomic E-state index is 12.8. The number of benzene rings is 8. The molecule has 0 atom stereocenters. The first-order chi connectivity index (χ1) is 35.2. The SMILES string of the molecule is CC(C)c1cc(-c2ccc(C(C)(C3CC3)C3CC3)cc2)cc(C(C)C)c1-n1c(-c2[c-]ccc3c2oc2cc4c(ccc5ccccc54)cc23)nc2ccccc21.C[Si](C)(C)c1ccc(-c2[c-]cc(F)cc2)nc1.[Ir]. The zero-order valence-corrected chi connectivity index (χ0v) is 47.0. The van der Waals surface area contributed by atoms with Crippen LogP contribution in [0.1, 0.15) is 88.8 Å². The number of para-hydroxylation sites is 2. The van der Waals surface area contributed by atoms with Crippen molar-refractivity contribution < 1.29 is 28.9 Å². The number of aromatic nitrogens is 3. The standard InChI is InChI=1S/C53H47N2O.C14H15FNSi.Ir/c1-31(2)43-28-36(33-19-21-37(22-20-33)53(5,38-23-24-38)39-25-26-39)29-44(32(3)4)50(43)55-48-16-9-8-15-47(48)54-52(55)42-14-10-13-41-46-27-35-18-17-34-11-6-7-12-40(34)45(35)30-49(46)56-51(41)42;1-17(2,3)13-8-9-14(16-10-13)11-4-6-12(15)7-5-11;/h6-13,15-22,27-32,38-39H,23-26H2,1-5H3;4,6-10H,1-3H3;/q2*-1;. The van der Waals surface area contributed by atoms with Gasteiger partial charge in [-0.1, -0.05) is 150 Å². The molecule has 0 amide bonds. The largest absolute Gasteiger partial charge is 0.501 e. The molecule has 13 rings (SSSR count). The third-order valence-electron chi connectivity index (χ3n) is 16.1. The second-order valence-corrected chi connectivity index (χ2v) is 27.7. The Morgan fingerprint density at radius 3 is 2.01 bits per heavy atom. The Labute approximate surface area is 449 Å². The van der Waals surface area contributed by atoms with Gasteiger partial charge in [0, 0.05) is 43.2 Å². The molecule has 4 nitrogen and oxygen atoms in total. The van der Waals surface area contributed by atoms with Gasteiger partial charge in [-0.2, -0.15) is 0 Å². The number of hydrogen-bond acceptors (Lipinski definition) is 3. The minimum atomic E-state index is -1.30. The number of rotatable bonds is 10. The molecule has 0 N–H and O–H groups in total. The van der Waals surface area contributed by atoms with Crippen molar-refractivity contribution in [1.29, 1.82) is 0 Å². The van der Waals surface area contributed by atoms with Crippen LogP contribution in [0.3, 0.4) is 0 Å². The van der Waals surface area contributed by atoms with Gasteiger partial charge in [-0.25, -0.2) is 0 Å². The summed E-state index contributed by atoms with van der Waals surface area (Å²) in [7, 11) is -1.30. The van der Waals surface area contributed by atoms with Crippen LogP contribution in [0.25, 0.3) is 94.0 Å². The van der Waals surface area contributed by atoms with Crippen LogP contribution < -0.4 is 5.19 Å². The number of nitrogens with zero attached hydrogens (tertiary/aromatic N) is 3. The quantitative estimate of drug-likeness (QED) is 0.0779. The number of imidazole rings is 1. The van der Waals surface area contributed by atoms with E-state index in [0.717, 1.165) is 67.5 Å². The first kappa shape index (κ1) is 49.7. The molecule has 0 unspecified atom stereocenters. The van der Waals surface area contributed by atoms with Crippen molar-refractivity contribution in [1.82, 2.24) is 14.5 Å². The molecule has 3 aromatic heterocycles. The van der Waals surface area contributed by atoms with Crippen molar-refractivity contribution in [2.24, 2.45) is 11.8 Å². The van der Waals surface area contributed by atoms with Gasteiger partial charge in [0.05, 0.1) is 30.5 Å². The molecule has 0 aliphatic heterocycles. The van der Waals surface area contributed by atoms with Crippen LogP contribution >= 0.6 is 0 Å². The van der Waals surface area contributed by atoms with Gasteiger partial charge in [0.15, 0.2) is 0 Å². The molecule has 1 radical (unpaired) electrons. The maximum Gasteiger partial charge on any atom is 0.121 e. The number of fused-ring (bicyclic) bond motifs is 7. The molecule has 3 heterocycles. The Morgan fingerprint density at radius 2 is 1.36 bits per heavy atom. The van der Waals surface area contributed by atoms with E-state index in [1.165, 1.54) is 98.1 Å². The van der Waals surface area contributed by atoms with E-state index in [4.69, 9.17) is 9.40 Å². The predicted molar refractivity (Wildman–Crippen MR) is 305 cm³/mol. The summed E-state index contributed by atoms with van der Waals surface area (Å²) in [6, 6.07) is 59.9. The van der Waals surface area contributed by atoms with E-state index in [-0.39, 0.29) is 37.8 Å². The molecule has 373 valence electrons. The van der Waals surface area contributed by atoms with Gasteiger partial charge in [0.2, 0.25) is 0 Å². The molecule has 0 spiro atoms. The van der Waals surface area contributed by atoms with E-state index in [0.29, 0.717) is 5.41 Å². The third kappa shape index (κ3) is 8.95. The van der Waals surface area contributed by atoms with E-state index in [1.807, 2.05) is 18.3 Å². The fourth-order valence-electron chi connectivity index (χ4n) is 11.6. The van der Waals surface area contributed by atoms with Gasteiger partial charge in [0.25, 0.3) is 0 Å². The smallest absolute Gasteiger partial charge is 0.121 e. The van der Waals surface area contributed by atoms with Gasteiger partial charge in [-0.3, -0.25) is 9.37 Å². The molecular weight excluding hydrogens is 1100 g/mol. The molecule has 0 saturated heterocycles. The third-order valence-corrected chi connectivity index (χ3v) is 18.1. The van der Waals surface area contributed by atoms with Crippen molar-refractivity contribution >= 4 is 67.8 Å². The monoisotopic (exact) mass is 1160 g/mol. The van der Waals surface area contributed by atoms with Crippen LogP contribution in [-0.4, -0.2) is 22.6 Å². The zero-order chi connectivity index (χ0) is 50.3. The summed E-state index contributed by atoms with van der Waals surface area (Å²) < 4.78 is 22.1. The topological polar surface area (TPSA) is 43.9 Å². The van der Waals surface area contributed by atoms with Gasteiger partial charge >= 0.3 is 0 Å². The van der Waals surface area contributed by atoms with E-state index < -0.39 is 8.07 Å². The predicted octanol–water partition coefficient (Wildman–Crippen LogP) is 17.9. The number of pyridine rings is 1. The summed E-state index contributed by atoms with van der Waals surface area (Å²) in [6.07, 6.45) is 7.46. The average Bonchev–Trinajstić information content (AvgIpc) is 4.36. The van der Waals surface area contributed by atoms with Gasteiger partial charge in [-0.15, -0.1) is 48.0 Å². The molecule has 2 saturated carbocycles. The average molecular weight is 1160 g/mol. The summed E-state index contributed by atoms with van der Waals surface area (Å²) in [5, 5.41) is 8.38. The zero-order valence-electron chi connectivity index (χ0n) is 43.6. The summed E-state index contributed by atoms with van der Waals surface area (Å²) in [5.74, 6) is 2.83. The van der Waals surface area contributed by atoms with Gasteiger partial charge < -0.3 is 14.0 Å². The fourth-order valence-corrected chi connectivity index (χ4v) is 12.6. The van der Waals surface area contributed by atoms with Crippen LogP contribution in [0.15, 0.2) is 162 Å². The molecule has 2 fully saturated rings. The molecule has 2 aliphatic carbocycles. The Hall–Kier alpha value is -6.50. The molecule has 7 heteroatoms. The maximum atomic E-state index is 12.8. The summed E-state index contributed by atoms with van der Waals surface area (Å²) in [5.41, 5.74) is 14.6. The Bertz CT molecular complexity index is 3830. The number of hydrogen-bond donors (Lipinski definition) is 0. The fraction of sp³-hybridized carbons (Fsp3) is 0.254. The van der Waals surface area contributed by atoms with Crippen molar-refractivity contribution in [2.75, 3.05) is 0 Å². The van der Waals surface area contributed by atoms with Gasteiger partial charge in [-0.05, 0) is 151 Å². The Kier molecular flexibility index (Phi) is 13.0. The Balaban J connectivity index is 0.000000279. The first-order valence-corrected chi connectivity index (χ1v) is 29.8. The summed E-state index contributed by atoms with van der Waals surface area (Å²) in [4.78, 5) is 9.83. The second kappa shape index (κ2) is 19.3. The van der Waals surface area contributed by atoms with E-state index >= 15 is 0 Å². The summed E-state index contributed by atoms with van der Waals surface area (Å²) in [6.45, 7) is 18.7. The van der Waals surface area contributed by atoms with Crippen LogP contribution in [0.2, 0.25) is 19.6 Å². The van der Waals surface area contributed by atoms with Crippen LogP contribution in [0, 0.1) is 29.8 Å². The van der Waals surface area contributed by atoms with E-state index in [2.05, 4.69) is 197 Å². The van der Waals surface area contributed by atoms with Crippen molar-refractivity contribution in [3.05, 3.63) is 192 Å². The summed E-state index contributed by atoms with van der Waals surface area (Å²) >= 11 is 0. The van der Waals surface area contributed by atoms with Crippen LogP contribution in [0.5, 0.6) is 0 Å². The van der Waals surface area contributed by atoms with Crippen LogP contribution in [0.4, 0.5) is 4.39 Å². The van der Waals surface area contributed by atoms with Crippen molar-refractivity contribution in [3.8, 4) is 39.5 Å². The minimum absolute atomic E-state index is 0. The number of furan rings is 1. The van der Waals surface area contributed by atoms with E-state index in [1.54, 1.807) is 6.07 Å². The van der Waals surface area contributed by atoms with Gasteiger partial charge in [0.1, 0.15) is 5.58 Å². The number of halogens is 1. The molecule has 11 aromatic rings. The van der Waals surface area contributed by atoms with Crippen molar-refractivity contribution in [3.63, 3.8) is 0 Å². The first-order valence-electron chi connectivity index (χ1n) is 26.3. The molecule has 0 bridgehead atoms. The van der Waals surface area contributed by atoms with Crippen molar-refractivity contribution in [2.45, 2.75) is 97.2 Å².